The van der Waals surface area contributed by atoms with E-state index in [1.165, 1.54) is 44.9 Å². The van der Waals surface area contributed by atoms with E-state index in [0.717, 1.165) is 41.7 Å². The molecule has 1 saturated carbocycles. The molecule has 27 heavy (non-hydrogen) atoms. The summed E-state index contributed by atoms with van der Waals surface area (Å²) in [5.41, 5.74) is 2.97. The minimum Gasteiger partial charge on any atom is -0.494 e. The zero-order valence-electron chi connectivity index (χ0n) is 16.5. The summed E-state index contributed by atoms with van der Waals surface area (Å²) in [7, 11) is 0. The largest absolute Gasteiger partial charge is 0.494 e. The van der Waals surface area contributed by atoms with E-state index < -0.39 is 0 Å². The molecular weight excluding hydrogens is 330 g/mol. The lowest BCUT2D eigenvalue weighted by Gasteiger charge is -2.28. The molecule has 0 bridgehead atoms. The van der Waals surface area contributed by atoms with Crippen molar-refractivity contribution in [2.75, 3.05) is 6.61 Å². The van der Waals surface area contributed by atoms with Gasteiger partial charge in [-0.2, -0.15) is 5.26 Å². The second-order valence-electron chi connectivity index (χ2n) is 7.88. The van der Waals surface area contributed by atoms with Crippen molar-refractivity contribution in [1.29, 1.82) is 5.26 Å². The summed E-state index contributed by atoms with van der Waals surface area (Å²) in [6, 6.07) is 18.1. The molecule has 142 valence electrons. The van der Waals surface area contributed by atoms with Crippen LogP contribution in [0.2, 0.25) is 0 Å². The molecule has 2 aromatic rings. The van der Waals surface area contributed by atoms with Crippen molar-refractivity contribution < 1.29 is 4.74 Å². The van der Waals surface area contributed by atoms with Crippen molar-refractivity contribution in [3.8, 4) is 22.9 Å². The Morgan fingerprint density at radius 1 is 0.852 bits per heavy atom. The van der Waals surface area contributed by atoms with Crippen LogP contribution in [0.3, 0.4) is 0 Å². The van der Waals surface area contributed by atoms with Gasteiger partial charge >= 0.3 is 0 Å². The Morgan fingerprint density at radius 2 is 1.41 bits per heavy atom. The first-order valence-corrected chi connectivity index (χ1v) is 10.5. The minimum absolute atomic E-state index is 0.692. The maximum atomic E-state index is 8.89. The Bertz CT molecular complexity index is 718. The second-order valence-corrected chi connectivity index (χ2v) is 7.88. The van der Waals surface area contributed by atoms with Gasteiger partial charge in [0.25, 0.3) is 0 Å². The van der Waals surface area contributed by atoms with E-state index in [9.17, 15) is 0 Å². The first kappa shape index (κ1) is 19.5. The average Bonchev–Trinajstić information content (AvgIpc) is 2.73. The van der Waals surface area contributed by atoms with E-state index in [1.54, 1.807) is 0 Å². The molecule has 0 atom stereocenters. The van der Waals surface area contributed by atoms with Crippen molar-refractivity contribution in [1.82, 2.24) is 0 Å². The highest BCUT2D eigenvalue weighted by Crippen LogP contribution is 2.33. The fraction of sp³-hybridized carbons (Fsp3) is 0.480. The molecule has 0 heterocycles. The molecule has 0 spiro atoms. The van der Waals surface area contributed by atoms with Crippen LogP contribution < -0.4 is 4.74 Å². The molecule has 2 heteroatoms. The van der Waals surface area contributed by atoms with Crippen LogP contribution >= 0.6 is 0 Å². The van der Waals surface area contributed by atoms with Gasteiger partial charge in [-0.3, -0.25) is 0 Å². The summed E-state index contributed by atoms with van der Waals surface area (Å²) < 4.78 is 5.94. The summed E-state index contributed by atoms with van der Waals surface area (Å²) in [6.45, 7) is 3.12. The van der Waals surface area contributed by atoms with E-state index in [0.29, 0.717) is 5.56 Å². The van der Waals surface area contributed by atoms with Gasteiger partial charge in [0, 0.05) is 0 Å². The van der Waals surface area contributed by atoms with Gasteiger partial charge in [0.15, 0.2) is 0 Å². The number of ether oxygens (including phenoxy) is 1. The molecule has 0 aliphatic heterocycles. The zero-order valence-corrected chi connectivity index (χ0v) is 16.5. The smallest absolute Gasteiger partial charge is 0.119 e. The Labute approximate surface area is 164 Å². The number of nitrogens with zero attached hydrogens (tertiary/aromatic N) is 1. The second kappa shape index (κ2) is 10.2. The molecule has 0 unspecified atom stereocenters. The van der Waals surface area contributed by atoms with Crippen LogP contribution in [0.15, 0.2) is 48.5 Å². The lowest BCUT2D eigenvalue weighted by Crippen LogP contribution is -2.15. The molecule has 0 aromatic heterocycles. The van der Waals surface area contributed by atoms with E-state index in [2.05, 4.69) is 25.1 Å². The van der Waals surface area contributed by atoms with Gasteiger partial charge < -0.3 is 4.74 Å². The van der Waals surface area contributed by atoms with Crippen LogP contribution in [0, 0.1) is 23.2 Å². The maximum absolute atomic E-state index is 8.89. The Kier molecular flexibility index (Phi) is 7.34. The average molecular weight is 362 g/mol. The maximum Gasteiger partial charge on any atom is 0.119 e. The van der Waals surface area contributed by atoms with Crippen LogP contribution in [-0.2, 0) is 0 Å². The van der Waals surface area contributed by atoms with E-state index in [1.807, 2.05) is 36.4 Å². The van der Waals surface area contributed by atoms with E-state index >= 15 is 0 Å². The zero-order chi connectivity index (χ0) is 18.9. The minimum atomic E-state index is 0.692. The highest BCUT2D eigenvalue weighted by molar-refractivity contribution is 5.64. The standard InChI is InChI=1S/C25H31NO/c1-2-4-20-6-8-21(9-7-20)5-3-18-27-25-16-14-24(15-17-25)23-12-10-22(19-26)11-13-23/h10-17,20-21H,2-9,18H2,1H3. The third-order valence-electron chi connectivity index (χ3n) is 5.89. The Balaban J connectivity index is 1.38. The predicted octanol–water partition coefficient (Wildman–Crippen LogP) is 6.99. The SMILES string of the molecule is CCCC1CCC(CCCOc2ccc(-c3ccc(C#N)cc3)cc2)CC1. The van der Waals surface area contributed by atoms with Crippen molar-refractivity contribution in [3.63, 3.8) is 0 Å². The number of benzene rings is 2. The quantitative estimate of drug-likeness (QED) is 0.475. The van der Waals surface area contributed by atoms with Gasteiger partial charge in [-0.15, -0.1) is 0 Å². The van der Waals surface area contributed by atoms with Gasteiger partial charge in [0.05, 0.1) is 18.2 Å². The van der Waals surface area contributed by atoms with E-state index in [-0.39, 0.29) is 0 Å². The lowest BCUT2D eigenvalue weighted by molar-refractivity contribution is 0.230. The van der Waals surface area contributed by atoms with Gasteiger partial charge in [0.1, 0.15) is 5.75 Å². The Morgan fingerprint density at radius 3 is 1.96 bits per heavy atom. The number of hydrogen-bond donors (Lipinski definition) is 0. The fourth-order valence-electron chi connectivity index (χ4n) is 4.26. The van der Waals surface area contributed by atoms with Crippen LogP contribution in [0.25, 0.3) is 11.1 Å². The van der Waals surface area contributed by atoms with Crippen molar-refractivity contribution in [2.24, 2.45) is 11.8 Å². The molecule has 1 fully saturated rings. The molecule has 0 saturated heterocycles. The third kappa shape index (κ3) is 5.86. The molecule has 0 amide bonds. The van der Waals surface area contributed by atoms with E-state index in [4.69, 9.17) is 10.00 Å². The van der Waals surface area contributed by atoms with Crippen LogP contribution in [0.5, 0.6) is 5.75 Å². The third-order valence-corrected chi connectivity index (χ3v) is 5.89. The van der Waals surface area contributed by atoms with Crippen LogP contribution in [-0.4, -0.2) is 6.61 Å². The number of hydrogen-bond acceptors (Lipinski definition) is 2. The first-order chi connectivity index (χ1) is 13.3. The molecule has 1 aliphatic rings. The molecule has 2 aromatic carbocycles. The molecular formula is C25H31NO. The van der Waals surface area contributed by atoms with Crippen molar-refractivity contribution >= 4 is 0 Å². The summed E-state index contributed by atoms with van der Waals surface area (Å²) in [5, 5.41) is 8.89. The molecule has 3 rings (SSSR count). The van der Waals surface area contributed by atoms with Gasteiger partial charge in [0.2, 0.25) is 0 Å². The van der Waals surface area contributed by atoms with Gasteiger partial charge in [-0.1, -0.05) is 69.7 Å². The monoisotopic (exact) mass is 361 g/mol. The van der Waals surface area contributed by atoms with Gasteiger partial charge in [-0.05, 0) is 60.1 Å². The first-order valence-electron chi connectivity index (χ1n) is 10.5. The van der Waals surface area contributed by atoms with Crippen LogP contribution in [0.4, 0.5) is 0 Å². The molecule has 0 radical (unpaired) electrons. The predicted molar refractivity (Wildman–Crippen MR) is 112 cm³/mol. The summed E-state index contributed by atoms with van der Waals surface area (Å²) >= 11 is 0. The Hall–Kier alpha value is -2.27. The lowest BCUT2D eigenvalue weighted by atomic mass is 9.78. The van der Waals surface area contributed by atoms with Crippen molar-refractivity contribution in [2.45, 2.75) is 58.3 Å². The normalized spacial score (nSPS) is 19.4. The highest BCUT2D eigenvalue weighted by Gasteiger charge is 2.20. The topological polar surface area (TPSA) is 33.0 Å². The fourth-order valence-corrected chi connectivity index (χ4v) is 4.26. The number of nitriles is 1. The highest BCUT2D eigenvalue weighted by atomic mass is 16.5. The number of rotatable bonds is 8. The summed E-state index contributed by atoms with van der Waals surface area (Å²) in [5.74, 6) is 2.86. The van der Waals surface area contributed by atoms with Gasteiger partial charge in [-0.25, -0.2) is 0 Å². The van der Waals surface area contributed by atoms with Crippen molar-refractivity contribution in [3.05, 3.63) is 54.1 Å². The molecule has 1 aliphatic carbocycles. The molecule has 2 nitrogen and oxygen atoms in total. The summed E-state index contributed by atoms with van der Waals surface area (Å²) in [4.78, 5) is 0. The van der Waals surface area contributed by atoms with Crippen LogP contribution in [0.1, 0.15) is 63.9 Å². The summed E-state index contributed by atoms with van der Waals surface area (Å²) in [6.07, 6.45) is 10.9. The molecule has 0 N–H and O–H groups in total.